The van der Waals surface area contributed by atoms with Crippen LogP contribution in [-0.4, -0.2) is 28.2 Å². The molecule has 5 nitrogen and oxygen atoms in total. The lowest BCUT2D eigenvalue weighted by molar-refractivity contribution is 0.181. The molecule has 0 aliphatic carbocycles. The van der Waals surface area contributed by atoms with E-state index in [1.807, 2.05) is 6.07 Å². The molecule has 0 bridgehead atoms. The average molecular weight is 296 g/mol. The van der Waals surface area contributed by atoms with Crippen molar-refractivity contribution in [3.8, 4) is 0 Å². The molecule has 0 aliphatic heterocycles. The number of fused-ring (bicyclic) bond motifs is 1. The summed E-state index contributed by atoms with van der Waals surface area (Å²) in [5.74, 6) is 0.830. The molecule has 0 spiro atoms. The highest BCUT2D eigenvalue weighted by atomic mass is 16.5. The number of hydrogen-bond acceptors (Lipinski definition) is 4. The van der Waals surface area contributed by atoms with E-state index in [1.54, 1.807) is 13.4 Å². The van der Waals surface area contributed by atoms with Gasteiger partial charge in [0.05, 0.1) is 12.3 Å². The Morgan fingerprint density at radius 3 is 2.91 bits per heavy atom. The first-order chi connectivity index (χ1) is 10.8. The number of anilines is 1. The fourth-order valence-electron chi connectivity index (χ4n) is 2.66. The number of nitrogens with one attached hydrogen (secondary N) is 1. The van der Waals surface area contributed by atoms with Crippen molar-refractivity contribution in [1.29, 1.82) is 0 Å². The second-order valence-electron chi connectivity index (χ2n) is 5.25. The number of aryl methyl sites for hydroxylation is 1. The molecule has 0 aliphatic rings. The third kappa shape index (κ3) is 3.09. The summed E-state index contributed by atoms with van der Waals surface area (Å²) in [4.78, 5) is 8.40. The molecular formula is C17H20N4O. The number of hydrogen-bond donors (Lipinski definition) is 1. The molecule has 0 fully saturated rings. The van der Waals surface area contributed by atoms with Crippen molar-refractivity contribution in [2.75, 3.05) is 19.0 Å². The summed E-state index contributed by atoms with van der Waals surface area (Å²) in [7, 11) is 1.66. The number of para-hydroxylation sites is 1. The summed E-state index contributed by atoms with van der Waals surface area (Å²) in [6.07, 6.45) is 1.56. The van der Waals surface area contributed by atoms with Crippen LogP contribution in [0.4, 0.5) is 5.82 Å². The Morgan fingerprint density at radius 2 is 2.05 bits per heavy atom. The molecule has 0 atom stereocenters. The van der Waals surface area contributed by atoms with Crippen molar-refractivity contribution >= 4 is 16.7 Å². The first-order valence-electron chi connectivity index (χ1n) is 7.36. The van der Waals surface area contributed by atoms with E-state index in [1.165, 1.54) is 16.6 Å². The molecule has 0 saturated carbocycles. The van der Waals surface area contributed by atoms with E-state index in [4.69, 9.17) is 4.74 Å². The number of ether oxygens (including phenoxy) is 1. The number of aromatic nitrogens is 3. The second kappa shape index (κ2) is 6.58. The van der Waals surface area contributed by atoms with E-state index in [0.717, 1.165) is 24.6 Å². The van der Waals surface area contributed by atoms with Crippen molar-refractivity contribution in [2.24, 2.45) is 0 Å². The minimum atomic E-state index is 0.499. The Morgan fingerprint density at radius 1 is 1.18 bits per heavy atom. The van der Waals surface area contributed by atoms with E-state index in [2.05, 4.69) is 57.1 Å². The van der Waals surface area contributed by atoms with Crippen LogP contribution in [0.15, 0.2) is 42.7 Å². The van der Waals surface area contributed by atoms with E-state index >= 15 is 0 Å². The van der Waals surface area contributed by atoms with Crippen LogP contribution < -0.4 is 5.32 Å². The maximum absolute atomic E-state index is 5.09. The molecule has 0 radical (unpaired) electrons. The highest BCUT2D eigenvalue weighted by Gasteiger charge is 2.04. The van der Waals surface area contributed by atoms with Crippen LogP contribution in [0.2, 0.25) is 0 Å². The average Bonchev–Trinajstić information content (AvgIpc) is 2.84. The van der Waals surface area contributed by atoms with Gasteiger partial charge in [0, 0.05) is 37.5 Å². The monoisotopic (exact) mass is 296 g/mol. The molecule has 1 N–H and O–H groups in total. The van der Waals surface area contributed by atoms with Gasteiger partial charge in [-0.15, -0.1) is 0 Å². The third-order valence-electron chi connectivity index (χ3n) is 3.68. The van der Waals surface area contributed by atoms with Crippen LogP contribution in [0.1, 0.15) is 11.4 Å². The predicted octanol–water partition coefficient (Wildman–Crippen LogP) is 3.00. The van der Waals surface area contributed by atoms with Gasteiger partial charge in [0.1, 0.15) is 12.1 Å². The van der Waals surface area contributed by atoms with Crippen molar-refractivity contribution in [3.05, 3.63) is 54.1 Å². The number of nitrogens with zero attached hydrogens (tertiary/aromatic N) is 3. The molecule has 3 rings (SSSR count). The van der Waals surface area contributed by atoms with Gasteiger partial charge in [-0.3, -0.25) is 0 Å². The predicted molar refractivity (Wildman–Crippen MR) is 87.9 cm³/mol. The van der Waals surface area contributed by atoms with Gasteiger partial charge in [0.25, 0.3) is 0 Å². The van der Waals surface area contributed by atoms with Crippen LogP contribution in [-0.2, 0) is 17.9 Å². The van der Waals surface area contributed by atoms with Crippen LogP contribution in [0.25, 0.3) is 10.9 Å². The molecule has 2 aromatic heterocycles. The van der Waals surface area contributed by atoms with Crippen molar-refractivity contribution < 1.29 is 4.74 Å². The highest BCUT2D eigenvalue weighted by Crippen LogP contribution is 2.18. The van der Waals surface area contributed by atoms with Gasteiger partial charge < -0.3 is 14.6 Å². The Bertz CT molecular complexity index is 766. The van der Waals surface area contributed by atoms with Gasteiger partial charge in [-0.05, 0) is 24.4 Å². The maximum Gasteiger partial charge on any atom is 0.129 e. The van der Waals surface area contributed by atoms with Crippen LogP contribution in [0.3, 0.4) is 0 Å². The normalized spacial score (nSPS) is 11.0. The molecule has 114 valence electrons. The van der Waals surface area contributed by atoms with Crippen molar-refractivity contribution in [2.45, 2.75) is 20.1 Å². The summed E-state index contributed by atoms with van der Waals surface area (Å²) in [5.41, 5.74) is 3.41. The summed E-state index contributed by atoms with van der Waals surface area (Å²) < 4.78 is 7.41. The van der Waals surface area contributed by atoms with Gasteiger partial charge in [0.2, 0.25) is 0 Å². The first kappa shape index (κ1) is 14.5. The van der Waals surface area contributed by atoms with Crippen LogP contribution >= 0.6 is 0 Å². The van der Waals surface area contributed by atoms with Crippen LogP contribution in [0, 0.1) is 6.92 Å². The SMILES string of the molecule is COCc1cc(NCCn2c(C)cc3ccccc32)ncn1. The minimum Gasteiger partial charge on any atom is -0.378 e. The molecule has 5 heteroatoms. The van der Waals surface area contributed by atoms with E-state index < -0.39 is 0 Å². The smallest absolute Gasteiger partial charge is 0.129 e. The summed E-state index contributed by atoms with van der Waals surface area (Å²) in [6.45, 7) is 4.34. The lowest BCUT2D eigenvalue weighted by atomic mass is 10.2. The molecule has 22 heavy (non-hydrogen) atoms. The van der Waals surface area contributed by atoms with Gasteiger partial charge >= 0.3 is 0 Å². The third-order valence-corrected chi connectivity index (χ3v) is 3.68. The van der Waals surface area contributed by atoms with Gasteiger partial charge in [-0.1, -0.05) is 18.2 Å². The maximum atomic E-state index is 5.09. The number of methoxy groups -OCH3 is 1. The summed E-state index contributed by atoms with van der Waals surface area (Å²) in [5, 5.41) is 4.63. The Balaban J connectivity index is 1.67. The quantitative estimate of drug-likeness (QED) is 0.760. The molecule has 2 heterocycles. The standard InChI is InChI=1S/C17H20N4O/c1-13-9-14-5-3-4-6-16(14)21(13)8-7-18-17-10-15(11-22-2)19-12-20-17/h3-6,9-10,12H,7-8,11H2,1-2H3,(H,18,19,20). The van der Waals surface area contributed by atoms with Gasteiger partial charge in [0.15, 0.2) is 0 Å². The molecule has 3 aromatic rings. The van der Waals surface area contributed by atoms with Gasteiger partial charge in [-0.25, -0.2) is 9.97 Å². The molecule has 0 amide bonds. The van der Waals surface area contributed by atoms with E-state index in [0.29, 0.717) is 6.61 Å². The Labute approximate surface area is 130 Å². The van der Waals surface area contributed by atoms with E-state index in [-0.39, 0.29) is 0 Å². The van der Waals surface area contributed by atoms with Crippen molar-refractivity contribution in [1.82, 2.24) is 14.5 Å². The molecule has 0 unspecified atom stereocenters. The molecule has 1 aromatic carbocycles. The number of benzene rings is 1. The lowest BCUT2D eigenvalue weighted by Gasteiger charge is -2.10. The lowest BCUT2D eigenvalue weighted by Crippen LogP contribution is -2.12. The fraction of sp³-hybridized carbons (Fsp3) is 0.294. The fourth-order valence-corrected chi connectivity index (χ4v) is 2.66. The first-order valence-corrected chi connectivity index (χ1v) is 7.36. The zero-order valence-corrected chi connectivity index (χ0v) is 12.9. The van der Waals surface area contributed by atoms with E-state index in [9.17, 15) is 0 Å². The zero-order chi connectivity index (χ0) is 15.4. The minimum absolute atomic E-state index is 0.499. The summed E-state index contributed by atoms with van der Waals surface area (Å²) in [6, 6.07) is 12.6. The number of rotatable bonds is 6. The Hall–Kier alpha value is -2.40. The molecule has 0 saturated heterocycles. The van der Waals surface area contributed by atoms with Crippen molar-refractivity contribution in [3.63, 3.8) is 0 Å². The second-order valence-corrected chi connectivity index (χ2v) is 5.25. The zero-order valence-electron chi connectivity index (χ0n) is 12.9. The topological polar surface area (TPSA) is 52.0 Å². The highest BCUT2D eigenvalue weighted by molar-refractivity contribution is 5.81. The Kier molecular flexibility index (Phi) is 4.34. The van der Waals surface area contributed by atoms with Gasteiger partial charge in [-0.2, -0.15) is 0 Å². The largest absolute Gasteiger partial charge is 0.378 e. The summed E-state index contributed by atoms with van der Waals surface area (Å²) >= 11 is 0. The molecular weight excluding hydrogens is 276 g/mol. The van der Waals surface area contributed by atoms with Crippen LogP contribution in [0.5, 0.6) is 0 Å².